The van der Waals surface area contributed by atoms with Gasteiger partial charge in [0.15, 0.2) is 0 Å². The largest absolute Gasteiger partial charge is 0.465 e. The van der Waals surface area contributed by atoms with E-state index in [2.05, 4.69) is 22.6 Å². The minimum atomic E-state index is -0.927. The highest BCUT2D eigenvalue weighted by atomic mass is 127. The van der Waals surface area contributed by atoms with Gasteiger partial charge < -0.3 is 19.9 Å². The summed E-state index contributed by atoms with van der Waals surface area (Å²) < 4.78 is 17.5. The zero-order valence-electron chi connectivity index (χ0n) is 15.2. The number of hydrogen-bond donors (Lipinski definition) is 1. The number of benzene rings is 1. The minimum absolute atomic E-state index is 0.140. The molecule has 0 aliphatic rings. The Bertz CT molecular complexity index is 797. The molecule has 1 aromatic rings. The third-order valence-corrected chi connectivity index (χ3v) is 6.37. The summed E-state index contributed by atoms with van der Waals surface area (Å²) in [4.78, 5) is 46.2. The quantitative estimate of drug-likeness (QED) is 0.248. The number of ether oxygens (including phenoxy) is 3. The monoisotopic (exact) mass is 729 g/mol. The van der Waals surface area contributed by atoms with Crippen LogP contribution in [-0.2, 0) is 28.6 Å². The van der Waals surface area contributed by atoms with Crippen molar-refractivity contribution in [2.75, 3.05) is 13.2 Å². The lowest BCUT2D eigenvalue weighted by Gasteiger charge is -2.28. The van der Waals surface area contributed by atoms with Gasteiger partial charge in [-0.05, 0) is 79.4 Å². The average Bonchev–Trinajstić information content (AvgIpc) is 2.53. The molecule has 2 N–H and O–H groups in total. The van der Waals surface area contributed by atoms with Crippen LogP contribution in [0.2, 0.25) is 0 Å². The number of hydrogen-bond acceptors (Lipinski definition) is 7. The summed E-state index contributed by atoms with van der Waals surface area (Å²) in [5.41, 5.74) is 6.46. The molecule has 0 fully saturated rings. The van der Waals surface area contributed by atoms with Gasteiger partial charge in [-0.15, -0.1) is 0 Å². The number of amides is 1. The van der Waals surface area contributed by atoms with Gasteiger partial charge in [0.25, 0.3) is 5.91 Å². The lowest BCUT2D eigenvalue weighted by molar-refractivity contribution is -0.160. The van der Waals surface area contributed by atoms with Gasteiger partial charge in [-0.1, -0.05) is 0 Å². The van der Waals surface area contributed by atoms with Crippen LogP contribution in [0.25, 0.3) is 0 Å². The number of carbonyl (C=O) groups is 4. The molecule has 0 aliphatic heterocycles. The van der Waals surface area contributed by atoms with E-state index < -0.39 is 35.8 Å². The molecular weight excluding hydrogens is 711 g/mol. The van der Waals surface area contributed by atoms with E-state index in [4.69, 9.17) is 19.9 Å². The number of primary amides is 1. The van der Waals surface area contributed by atoms with Crippen molar-refractivity contribution in [3.8, 4) is 0 Å². The summed E-state index contributed by atoms with van der Waals surface area (Å²) >= 11 is 6.08. The van der Waals surface area contributed by atoms with Crippen LogP contribution in [-0.4, -0.2) is 43.1 Å². The summed E-state index contributed by atoms with van der Waals surface area (Å²) in [6, 6.07) is 1.76. The summed E-state index contributed by atoms with van der Waals surface area (Å²) in [7, 11) is 0. The second-order valence-corrected chi connectivity index (χ2v) is 9.07. The second kappa shape index (κ2) is 11.5. The van der Waals surface area contributed by atoms with E-state index in [9.17, 15) is 19.2 Å². The molecule has 1 amide bonds. The van der Waals surface area contributed by atoms with E-state index in [1.807, 2.05) is 45.2 Å². The van der Waals surface area contributed by atoms with Crippen LogP contribution >= 0.6 is 67.8 Å². The van der Waals surface area contributed by atoms with E-state index in [0.717, 1.165) is 3.57 Å². The number of esters is 3. The molecule has 154 valence electrons. The van der Waals surface area contributed by atoms with E-state index >= 15 is 0 Å². The standard InChI is InChI=1S/C17H18I3NO7/c1-7(22)26-5-10(13(28-9(3)24)6-27-8(2)23)14-11(18)4-12(19)15(16(14)20)17(21)25/h4,10,13H,5-6H2,1-3H3,(H2,21,25). The molecule has 0 aromatic heterocycles. The van der Waals surface area contributed by atoms with Crippen LogP contribution in [0.3, 0.4) is 0 Å². The molecule has 2 unspecified atom stereocenters. The Balaban J connectivity index is 3.56. The molecule has 2 atom stereocenters. The molecule has 0 radical (unpaired) electrons. The first-order valence-corrected chi connectivity index (χ1v) is 11.1. The molecule has 0 heterocycles. The van der Waals surface area contributed by atoms with Crippen molar-refractivity contribution in [3.63, 3.8) is 0 Å². The van der Waals surface area contributed by atoms with Gasteiger partial charge in [-0.25, -0.2) is 0 Å². The van der Waals surface area contributed by atoms with Crippen molar-refractivity contribution in [1.29, 1.82) is 0 Å². The maximum absolute atomic E-state index is 11.9. The Morgan fingerprint density at radius 3 is 1.93 bits per heavy atom. The summed E-state index contributed by atoms with van der Waals surface area (Å²) in [5, 5.41) is 0. The SMILES string of the molecule is CC(=O)OCC(OC(C)=O)C(COC(C)=O)c1c(I)cc(I)c(C(N)=O)c1I. The number of halogens is 3. The Labute approximate surface area is 203 Å². The van der Waals surface area contributed by atoms with Gasteiger partial charge in [-0.2, -0.15) is 0 Å². The zero-order valence-corrected chi connectivity index (χ0v) is 21.7. The predicted octanol–water partition coefficient (Wildman–Crippen LogP) is 2.74. The highest BCUT2D eigenvalue weighted by molar-refractivity contribution is 14.1. The molecule has 28 heavy (non-hydrogen) atoms. The maximum Gasteiger partial charge on any atom is 0.303 e. The van der Waals surface area contributed by atoms with Gasteiger partial charge in [0.1, 0.15) is 19.3 Å². The van der Waals surface area contributed by atoms with Crippen molar-refractivity contribution in [3.05, 3.63) is 27.9 Å². The molecule has 0 bridgehead atoms. The van der Waals surface area contributed by atoms with E-state index in [1.165, 1.54) is 20.8 Å². The van der Waals surface area contributed by atoms with Crippen molar-refractivity contribution in [1.82, 2.24) is 0 Å². The first-order valence-electron chi connectivity index (χ1n) is 7.86. The van der Waals surface area contributed by atoms with Crippen LogP contribution in [0.4, 0.5) is 0 Å². The number of carbonyl (C=O) groups excluding carboxylic acids is 4. The minimum Gasteiger partial charge on any atom is -0.465 e. The molecule has 0 spiro atoms. The fourth-order valence-electron chi connectivity index (χ4n) is 2.40. The molecule has 0 aliphatic carbocycles. The molecule has 1 aromatic carbocycles. The van der Waals surface area contributed by atoms with Gasteiger partial charge in [0.2, 0.25) is 0 Å². The highest BCUT2D eigenvalue weighted by Gasteiger charge is 2.33. The molecule has 8 nitrogen and oxygen atoms in total. The van der Waals surface area contributed by atoms with Crippen LogP contribution in [0.1, 0.15) is 42.6 Å². The van der Waals surface area contributed by atoms with Gasteiger partial charge in [0.05, 0.1) is 11.5 Å². The van der Waals surface area contributed by atoms with Gasteiger partial charge >= 0.3 is 17.9 Å². The predicted molar refractivity (Wildman–Crippen MR) is 125 cm³/mol. The third kappa shape index (κ3) is 7.27. The normalized spacial score (nSPS) is 12.6. The number of rotatable bonds is 8. The Hall–Kier alpha value is -0.710. The molecule has 0 saturated carbocycles. The first kappa shape index (κ1) is 25.3. The Kier molecular flexibility index (Phi) is 10.4. The van der Waals surface area contributed by atoms with Crippen molar-refractivity contribution < 1.29 is 33.4 Å². The molecule has 1 rings (SSSR count). The smallest absolute Gasteiger partial charge is 0.303 e. The molecular formula is C17H18I3NO7. The summed E-state index contributed by atoms with van der Waals surface area (Å²) in [5.74, 6) is -2.95. The second-order valence-electron chi connectivity index (χ2n) is 5.67. The third-order valence-electron chi connectivity index (χ3n) is 3.51. The highest BCUT2D eigenvalue weighted by Crippen LogP contribution is 2.35. The van der Waals surface area contributed by atoms with Crippen LogP contribution in [0.5, 0.6) is 0 Å². The zero-order chi connectivity index (χ0) is 21.6. The first-order chi connectivity index (χ1) is 13.0. The lowest BCUT2D eigenvalue weighted by Crippen LogP contribution is -2.35. The van der Waals surface area contributed by atoms with E-state index in [-0.39, 0.29) is 13.2 Å². The van der Waals surface area contributed by atoms with Gasteiger partial charge in [0, 0.05) is 31.5 Å². The molecule has 11 heteroatoms. The topological polar surface area (TPSA) is 122 Å². The van der Waals surface area contributed by atoms with E-state index in [1.54, 1.807) is 6.07 Å². The lowest BCUT2D eigenvalue weighted by atomic mass is 9.92. The van der Waals surface area contributed by atoms with Gasteiger partial charge in [-0.3, -0.25) is 19.2 Å². The van der Waals surface area contributed by atoms with Crippen molar-refractivity contribution >= 4 is 91.6 Å². The van der Waals surface area contributed by atoms with Crippen LogP contribution < -0.4 is 5.73 Å². The maximum atomic E-state index is 11.9. The fraction of sp³-hybridized carbons (Fsp3) is 0.412. The Morgan fingerprint density at radius 2 is 1.46 bits per heavy atom. The van der Waals surface area contributed by atoms with Crippen molar-refractivity contribution in [2.45, 2.75) is 32.8 Å². The van der Waals surface area contributed by atoms with Crippen molar-refractivity contribution in [2.24, 2.45) is 5.73 Å². The van der Waals surface area contributed by atoms with Crippen LogP contribution in [0.15, 0.2) is 6.07 Å². The Morgan fingerprint density at radius 1 is 0.929 bits per heavy atom. The summed E-state index contributed by atoms with van der Waals surface area (Å²) in [6.45, 7) is 3.34. The van der Waals surface area contributed by atoms with Crippen LogP contribution in [0, 0.1) is 10.7 Å². The molecule has 0 saturated heterocycles. The summed E-state index contributed by atoms with van der Waals surface area (Å²) in [6.07, 6.45) is -0.927. The fourth-order valence-corrected chi connectivity index (χ4v) is 7.10. The van der Waals surface area contributed by atoms with E-state index in [0.29, 0.717) is 18.3 Å². The average molecular weight is 729 g/mol. The number of nitrogens with two attached hydrogens (primary N) is 1.